The van der Waals surface area contributed by atoms with Crippen molar-refractivity contribution in [1.29, 1.82) is 0 Å². The van der Waals surface area contributed by atoms with Crippen molar-refractivity contribution < 1.29 is 4.42 Å². The molecular weight excluding hydrogens is 204 g/mol. The Hall–Kier alpha value is -1.10. The normalized spacial score (nSPS) is 24.1. The van der Waals surface area contributed by atoms with Crippen molar-refractivity contribution in [3.63, 3.8) is 0 Å². The van der Waals surface area contributed by atoms with Gasteiger partial charge in [-0.25, -0.2) is 0 Å². The van der Waals surface area contributed by atoms with Gasteiger partial charge in [-0.2, -0.15) is 0 Å². The highest BCUT2D eigenvalue weighted by molar-refractivity contribution is 5.33. The maximum absolute atomic E-state index is 5.66. The molecule has 1 unspecified atom stereocenters. The fourth-order valence-electron chi connectivity index (χ4n) is 2.16. The Kier molecular flexibility index (Phi) is 2.28. The van der Waals surface area contributed by atoms with Gasteiger partial charge in [-0.15, -0.1) is 5.10 Å². The SMILES string of the molecule is CC(N)c1nnc(NC2C(C)(C)C2(C)C)o1. The summed E-state index contributed by atoms with van der Waals surface area (Å²) in [6.07, 6.45) is 0. The van der Waals surface area contributed by atoms with Crippen LogP contribution in [0.15, 0.2) is 4.42 Å². The molecule has 1 atom stereocenters. The molecule has 1 heterocycles. The Balaban J connectivity index is 2.06. The van der Waals surface area contributed by atoms with Crippen molar-refractivity contribution >= 4 is 6.01 Å². The average molecular weight is 224 g/mol. The minimum Gasteiger partial charge on any atom is -0.406 e. The first-order valence-corrected chi connectivity index (χ1v) is 5.62. The van der Waals surface area contributed by atoms with Crippen LogP contribution in [-0.4, -0.2) is 16.2 Å². The number of rotatable bonds is 3. The van der Waals surface area contributed by atoms with E-state index in [0.717, 1.165) is 0 Å². The molecule has 1 aliphatic carbocycles. The molecule has 0 amide bonds. The van der Waals surface area contributed by atoms with E-state index in [2.05, 4.69) is 43.2 Å². The summed E-state index contributed by atoms with van der Waals surface area (Å²) in [5.74, 6) is 0.471. The van der Waals surface area contributed by atoms with Crippen molar-refractivity contribution in [2.45, 2.75) is 46.7 Å². The number of nitrogens with one attached hydrogen (secondary N) is 1. The van der Waals surface area contributed by atoms with E-state index in [1.807, 2.05) is 6.92 Å². The van der Waals surface area contributed by atoms with E-state index < -0.39 is 0 Å². The summed E-state index contributed by atoms with van der Waals surface area (Å²) in [5.41, 5.74) is 6.15. The molecule has 1 aliphatic rings. The molecule has 0 aliphatic heterocycles. The van der Waals surface area contributed by atoms with Gasteiger partial charge in [-0.3, -0.25) is 0 Å². The lowest BCUT2D eigenvalue weighted by atomic mass is 10.0. The summed E-state index contributed by atoms with van der Waals surface area (Å²) in [7, 11) is 0. The lowest BCUT2D eigenvalue weighted by Gasteiger charge is -2.02. The largest absolute Gasteiger partial charge is 0.406 e. The van der Waals surface area contributed by atoms with Gasteiger partial charge in [-0.05, 0) is 17.8 Å². The molecule has 1 saturated carbocycles. The Bertz CT molecular complexity index is 380. The van der Waals surface area contributed by atoms with Crippen LogP contribution in [0, 0.1) is 10.8 Å². The van der Waals surface area contributed by atoms with Crippen LogP contribution in [0.2, 0.25) is 0 Å². The van der Waals surface area contributed by atoms with Gasteiger partial charge >= 0.3 is 6.01 Å². The summed E-state index contributed by atoms with van der Waals surface area (Å²) < 4.78 is 5.42. The minimum absolute atomic E-state index is 0.219. The van der Waals surface area contributed by atoms with Crippen molar-refractivity contribution in [1.82, 2.24) is 10.2 Å². The quantitative estimate of drug-likeness (QED) is 0.820. The van der Waals surface area contributed by atoms with Crippen LogP contribution in [0.1, 0.15) is 46.6 Å². The molecule has 1 aromatic rings. The number of aromatic nitrogens is 2. The van der Waals surface area contributed by atoms with Gasteiger partial charge in [0.25, 0.3) is 0 Å². The van der Waals surface area contributed by atoms with E-state index in [-0.39, 0.29) is 16.9 Å². The van der Waals surface area contributed by atoms with Crippen LogP contribution in [0.4, 0.5) is 6.01 Å². The standard InChI is InChI=1S/C11H20N4O/c1-6(12)7-14-15-9(16-7)13-8-10(2,3)11(8,4)5/h6,8H,12H2,1-5H3,(H,13,15). The van der Waals surface area contributed by atoms with Crippen LogP contribution in [-0.2, 0) is 0 Å². The van der Waals surface area contributed by atoms with Gasteiger partial charge in [0, 0.05) is 6.04 Å². The van der Waals surface area contributed by atoms with Crippen molar-refractivity contribution in [2.75, 3.05) is 5.32 Å². The fourth-order valence-corrected chi connectivity index (χ4v) is 2.16. The van der Waals surface area contributed by atoms with E-state index in [1.165, 1.54) is 0 Å². The van der Waals surface area contributed by atoms with E-state index in [4.69, 9.17) is 10.2 Å². The van der Waals surface area contributed by atoms with E-state index >= 15 is 0 Å². The second-order valence-corrected chi connectivity index (χ2v) is 5.75. The summed E-state index contributed by atoms with van der Waals surface area (Å²) in [4.78, 5) is 0. The highest BCUT2D eigenvalue weighted by Gasteiger charge is 2.65. The molecular formula is C11H20N4O. The third-order valence-corrected chi connectivity index (χ3v) is 4.12. The second kappa shape index (κ2) is 3.20. The van der Waals surface area contributed by atoms with Crippen molar-refractivity contribution in [3.8, 4) is 0 Å². The Morgan fingerprint density at radius 2 is 1.81 bits per heavy atom. The third kappa shape index (κ3) is 1.50. The second-order valence-electron chi connectivity index (χ2n) is 5.75. The van der Waals surface area contributed by atoms with Gasteiger partial charge in [0.1, 0.15) is 0 Å². The van der Waals surface area contributed by atoms with Gasteiger partial charge in [0.05, 0.1) is 6.04 Å². The summed E-state index contributed by atoms with van der Waals surface area (Å²) in [6.45, 7) is 10.7. The lowest BCUT2D eigenvalue weighted by Crippen LogP contribution is -2.10. The van der Waals surface area contributed by atoms with Crippen LogP contribution in [0.3, 0.4) is 0 Å². The predicted molar refractivity (Wildman–Crippen MR) is 61.9 cm³/mol. The van der Waals surface area contributed by atoms with Crippen LogP contribution >= 0.6 is 0 Å². The first-order chi connectivity index (χ1) is 7.26. The first kappa shape index (κ1) is 11.4. The van der Waals surface area contributed by atoms with Crippen LogP contribution < -0.4 is 11.1 Å². The first-order valence-electron chi connectivity index (χ1n) is 5.62. The molecule has 3 N–H and O–H groups in total. The lowest BCUT2D eigenvalue weighted by molar-refractivity contribution is 0.457. The number of anilines is 1. The molecule has 0 saturated heterocycles. The summed E-state index contributed by atoms with van der Waals surface area (Å²) in [5, 5.41) is 11.1. The minimum atomic E-state index is -0.219. The van der Waals surface area contributed by atoms with E-state index in [0.29, 0.717) is 17.9 Å². The maximum atomic E-state index is 5.66. The zero-order valence-corrected chi connectivity index (χ0v) is 10.5. The van der Waals surface area contributed by atoms with Crippen molar-refractivity contribution in [3.05, 3.63) is 5.89 Å². The average Bonchev–Trinajstić information content (AvgIpc) is 2.60. The number of nitrogens with two attached hydrogens (primary N) is 1. The van der Waals surface area contributed by atoms with Crippen LogP contribution in [0.25, 0.3) is 0 Å². The topological polar surface area (TPSA) is 77.0 Å². The molecule has 0 bridgehead atoms. The van der Waals surface area contributed by atoms with Gasteiger partial charge in [0.15, 0.2) is 0 Å². The van der Waals surface area contributed by atoms with Gasteiger partial charge < -0.3 is 15.5 Å². The molecule has 1 aromatic heterocycles. The van der Waals surface area contributed by atoms with Gasteiger partial charge in [-0.1, -0.05) is 32.8 Å². The monoisotopic (exact) mass is 224 g/mol. The van der Waals surface area contributed by atoms with E-state index in [9.17, 15) is 0 Å². The zero-order valence-electron chi connectivity index (χ0n) is 10.5. The molecule has 5 heteroatoms. The van der Waals surface area contributed by atoms with Crippen molar-refractivity contribution in [2.24, 2.45) is 16.6 Å². The molecule has 0 aromatic carbocycles. The summed E-state index contributed by atoms with van der Waals surface area (Å²) >= 11 is 0. The fraction of sp³-hybridized carbons (Fsp3) is 0.818. The molecule has 5 nitrogen and oxygen atoms in total. The molecule has 0 spiro atoms. The third-order valence-electron chi connectivity index (χ3n) is 4.12. The molecule has 2 rings (SSSR count). The van der Waals surface area contributed by atoms with Gasteiger partial charge in [0.2, 0.25) is 5.89 Å². The number of nitrogens with zero attached hydrogens (tertiary/aromatic N) is 2. The number of hydrogen-bond donors (Lipinski definition) is 2. The zero-order chi connectivity index (χ0) is 12.1. The molecule has 16 heavy (non-hydrogen) atoms. The van der Waals surface area contributed by atoms with Crippen LogP contribution in [0.5, 0.6) is 0 Å². The Labute approximate surface area is 95.8 Å². The Morgan fingerprint density at radius 1 is 1.25 bits per heavy atom. The smallest absolute Gasteiger partial charge is 0.315 e. The Morgan fingerprint density at radius 3 is 2.19 bits per heavy atom. The highest BCUT2D eigenvalue weighted by atomic mass is 16.4. The highest BCUT2D eigenvalue weighted by Crippen LogP contribution is 2.63. The van der Waals surface area contributed by atoms with E-state index in [1.54, 1.807) is 0 Å². The maximum Gasteiger partial charge on any atom is 0.315 e. The molecule has 0 radical (unpaired) electrons. The summed E-state index contributed by atoms with van der Waals surface area (Å²) in [6, 6.07) is 0.612. The molecule has 90 valence electrons. The predicted octanol–water partition coefficient (Wildman–Crippen LogP) is 1.94. The molecule has 1 fully saturated rings. The number of hydrogen-bond acceptors (Lipinski definition) is 5.